The second-order valence-corrected chi connectivity index (χ2v) is 3.09. The molecule has 1 heterocycles. The lowest BCUT2D eigenvalue weighted by atomic mass is 10.4. The minimum Gasteiger partial charge on any atom is -0.314 e. The molecular weight excluding hydrogens is 158 g/mol. The third kappa shape index (κ3) is 2.20. The van der Waals surface area contributed by atoms with E-state index in [2.05, 4.69) is 11.9 Å². The molecule has 0 aliphatic heterocycles. The molecule has 0 fully saturated rings. The van der Waals surface area contributed by atoms with Crippen LogP contribution < -0.4 is 5.32 Å². The summed E-state index contributed by atoms with van der Waals surface area (Å²) in [6.45, 7) is 5.34. The highest BCUT2D eigenvalue weighted by Crippen LogP contribution is 2.18. The number of carbonyl (C=O) groups excluding carboxylic acids is 1. The van der Waals surface area contributed by atoms with Gasteiger partial charge in [0.05, 0.1) is 5.00 Å². The van der Waals surface area contributed by atoms with Crippen molar-refractivity contribution in [1.82, 2.24) is 0 Å². The average molecular weight is 167 g/mol. The Morgan fingerprint density at radius 2 is 2.55 bits per heavy atom. The molecule has 0 saturated heterocycles. The van der Waals surface area contributed by atoms with E-state index in [-0.39, 0.29) is 5.91 Å². The van der Waals surface area contributed by atoms with Crippen molar-refractivity contribution >= 4 is 22.2 Å². The molecule has 0 aliphatic rings. The van der Waals surface area contributed by atoms with Gasteiger partial charge in [0.2, 0.25) is 5.91 Å². The van der Waals surface area contributed by atoms with Crippen LogP contribution in [0.3, 0.4) is 0 Å². The first kappa shape index (κ1) is 8.01. The molecule has 58 valence electrons. The Labute approximate surface area is 69.6 Å². The van der Waals surface area contributed by atoms with Gasteiger partial charge >= 0.3 is 0 Å². The normalized spacial score (nSPS) is 9.18. The molecule has 1 rings (SSSR count). The summed E-state index contributed by atoms with van der Waals surface area (Å²) in [5.41, 5.74) is 1.16. The predicted molar refractivity (Wildman–Crippen MR) is 47.9 cm³/mol. The summed E-state index contributed by atoms with van der Waals surface area (Å²) in [5.74, 6) is -0.160. The van der Waals surface area contributed by atoms with Crippen LogP contribution in [0.2, 0.25) is 0 Å². The standard InChI is InChI=1S/C8H9NOS/c1-3-7(10)9-8-4-6(2)5-11-8/h3-5H,1H2,2H3,(H,9,10). The van der Waals surface area contributed by atoms with Crippen molar-refractivity contribution in [3.63, 3.8) is 0 Å². The SMILES string of the molecule is C=CC(=O)Nc1cc(C)cs1. The van der Waals surface area contributed by atoms with Gasteiger partial charge < -0.3 is 5.32 Å². The van der Waals surface area contributed by atoms with Crippen molar-refractivity contribution in [2.24, 2.45) is 0 Å². The molecule has 1 aromatic rings. The zero-order valence-corrected chi connectivity index (χ0v) is 7.07. The van der Waals surface area contributed by atoms with Crippen LogP contribution in [0, 0.1) is 6.92 Å². The Balaban J connectivity index is 2.64. The van der Waals surface area contributed by atoms with Gasteiger partial charge in [-0.1, -0.05) is 6.58 Å². The van der Waals surface area contributed by atoms with Crippen molar-refractivity contribution in [2.75, 3.05) is 5.32 Å². The zero-order valence-electron chi connectivity index (χ0n) is 6.26. The smallest absolute Gasteiger partial charge is 0.248 e. The predicted octanol–water partition coefficient (Wildman–Crippen LogP) is 2.18. The minimum absolute atomic E-state index is 0.160. The summed E-state index contributed by atoms with van der Waals surface area (Å²) in [4.78, 5) is 10.8. The molecule has 0 bridgehead atoms. The number of nitrogens with one attached hydrogen (secondary N) is 1. The molecule has 1 aromatic heterocycles. The van der Waals surface area contributed by atoms with Crippen LogP contribution >= 0.6 is 11.3 Å². The van der Waals surface area contributed by atoms with E-state index >= 15 is 0 Å². The van der Waals surface area contributed by atoms with Crippen molar-refractivity contribution in [3.8, 4) is 0 Å². The Morgan fingerprint density at radius 3 is 3.00 bits per heavy atom. The zero-order chi connectivity index (χ0) is 8.27. The first-order valence-electron chi connectivity index (χ1n) is 3.21. The lowest BCUT2D eigenvalue weighted by Crippen LogP contribution is -2.05. The third-order valence-corrected chi connectivity index (χ3v) is 2.13. The molecule has 0 aromatic carbocycles. The fraction of sp³-hybridized carbons (Fsp3) is 0.125. The van der Waals surface area contributed by atoms with Crippen molar-refractivity contribution in [1.29, 1.82) is 0 Å². The lowest BCUT2D eigenvalue weighted by molar-refractivity contribution is -0.111. The van der Waals surface area contributed by atoms with Gasteiger partial charge in [-0.3, -0.25) is 4.79 Å². The highest BCUT2D eigenvalue weighted by molar-refractivity contribution is 7.14. The van der Waals surface area contributed by atoms with Gasteiger partial charge in [0.25, 0.3) is 0 Å². The highest BCUT2D eigenvalue weighted by atomic mass is 32.1. The summed E-state index contributed by atoms with van der Waals surface area (Å²) in [6.07, 6.45) is 1.26. The van der Waals surface area contributed by atoms with E-state index in [4.69, 9.17) is 0 Å². The first-order chi connectivity index (χ1) is 5.22. The number of rotatable bonds is 2. The maximum Gasteiger partial charge on any atom is 0.248 e. The number of hydrogen-bond acceptors (Lipinski definition) is 2. The average Bonchev–Trinajstić information content (AvgIpc) is 2.35. The van der Waals surface area contributed by atoms with Gasteiger partial charge in [0.1, 0.15) is 0 Å². The molecule has 2 nitrogen and oxygen atoms in total. The van der Waals surface area contributed by atoms with Gasteiger partial charge in [-0.25, -0.2) is 0 Å². The third-order valence-electron chi connectivity index (χ3n) is 1.16. The minimum atomic E-state index is -0.160. The summed E-state index contributed by atoms with van der Waals surface area (Å²) in [6, 6.07) is 1.92. The van der Waals surface area contributed by atoms with Gasteiger partial charge in [-0.2, -0.15) is 0 Å². The molecule has 0 spiro atoms. The highest BCUT2D eigenvalue weighted by Gasteiger charge is 1.97. The summed E-state index contributed by atoms with van der Waals surface area (Å²) < 4.78 is 0. The first-order valence-corrected chi connectivity index (χ1v) is 4.09. The lowest BCUT2D eigenvalue weighted by Gasteiger charge is -1.94. The van der Waals surface area contributed by atoms with E-state index in [1.165, 1.54) is 17.4 Å². The second kappa shape index (κ2) is 3.34. The number of anilines is 1. The Morgan fingerprint density at radius 1 is 1.82 bits per heavy atom. The molecule has 0 radical (unpaired) electrons. The van der Waals surface area contributed by atoms with E-state index in [9.17, 15) is 4.79 Å². The summed E-state index contributed by atoms with van der Waals surface area (Å²) in [7, 11) is 0. The molecule has 0 aliphatic carbocycles. The molecule has 1 N–H and O–H groups in total. The van der Waals surface area contributed by atoms with Crippen LogP contribution in [0.4, 0.5) is 5.00 Å². The Hall–Kier alpha value is -1.09. The molecule has 11 heavy (non-hydrogen) atoms. The summed E-state index contributed by atoms with van der Waals surface area (Å²) in [5, 5.41) is 5.53. The van der Waals surface area contributed by atoms with Crippen LogP contribution in [0.1, 0.15) is 5.56 Å². The van der Waals surface area contributed by atoms with Crippen molar-refractivity contribution in [2.45, 2.75) is 6.92 Å². The van der Waals surface area contributed by atoms with Crippen LogP contribution in [-0.2, 0) is 4.79 Å². The van der Waals surface area contributed by atoms with Gasteiger partial charge in [-0.15, -0.1) is 11.3 Å². The quantitative estimate of drug-likeness (QED) is 0.672. The van der Waals surface area contributed by atoms with Crippen molar-refractivity contribution < 1.29 is 4.79 Å². The fourth-order valence-electron chi connectivity index (χ4n) is 0.669. The summed E-state index contributed by atoms with van der Waals surface area (Å²) >= 11 is 1.51. The fourth-order valence-corrected chi connectivity index (χ4v) is 1.46. The largest absolute Gasteiger partial charge is 0.314 e. The second-order valence-electron chi connectivity index (χ2n) is 2.18. The number of carbonyl (C=O) groups is 1. The van der Waals surface area contributed by atoms with Gasteiger partial charge in [0, 0.05) is 0 Å². The van der Waals surface area contributed by atoms with Crippen LogP contribution in [0.25, 0.3) is 0 Å². The molecule has 0 unspecified atom stereocenters. The maximum absolute atomic E-state index is 10.8. The monoisotopic (exact) mass is 167 g/mol. The van der Waals surface area contributed by atoms with E-state index in [0.717, 1.165) is 10.6 Å². The maximum atomic E-state index is 10.8. The van der Waals surface area contributed by atoms with E-state index in [1.54, 1.807) is 0 Å². The molecular formula is C8H9NOS. The molecule has 1 amide bonds. The van der Waals surface area contributed by atoms with Crippen LogP contribution in [0.5, 0.6) is 0 Å². The molecule has 3 heteroatoms. The number of thiophene rings is 1. The molecule has 0 saturated carbocycles. The van der Waals surface area contributed by atoms with E-state index in [0.29, 0.717) is 0 Å². The van der Waals surface area contributed by atoms with Gasteiger partial charge in [-0.05, 0) is 30.0 Å². The van der Waals surface area contributed by atoms with E-state index < -0.39 is 0 Å². The molecule has 0 atom stereocenters. The van der Waals surface area contributed by atoms with Crippen LogP contribution in [0.15, 0.2) is 24.1 Å². The number of hydrogen-bond donors (Lipinski definition) is 1. The Bertz CT molecular complexity index is 277. The van der Waals surface area contributed by atoms with E-state index in [1.807, 2.05) is 18.4 Å². The number of amides is 1. The number of aryl methyl sites for hydroxylation is 1. The topological polar surface area (TPSA) is 29.1 Å². The van der Waals surface area contributed by atoms with Crippen molar-refractivity contribution in [3.05, 3.63) is 29.7 Å². The van der Waals surface area contributed by atoms with Crippen LogP contribution in [-0.4, -0.2) is 5.91 Å². The Kier molecular flexibility index (Phi) is 2.44. The van der Waals surface area contributed by atoms with Gasteiger partial charge in [0.15, 0.2) is 0 Å².